The largest absolute Gasteiger partial charge is 0.383 e. The maximum Gasteiger partial charge on any atom is 0.127 e. The minimum Gasteiger partial charge on any atom is -0.383 e. The first kappa shape index (κ1) is 14.0. The van der Waals surface area contributed by atoms with Crippen molar-refractivity contribution in [3.63, 3.8) is 0 Å². The Balaban J connectivity index is 2.55. The number of unbranched alkanes of at least 4 members (excludes halogenated alkanes) is 2. The van der Waals surface area contributed by atoms with E-state index in [1.165, 1.54) is 25.7 Å². The molecule has 0 unspecified atom stereocenters. The van der Waals surface area contributed by atoms with Gasteiger partial charge >= 0.3 is 0 Å². The highest BCUT2D eigenvalue weighted by atomic mass is 15.1. The summed E-state index contributed by atoms with van der Waals surface area (Å²) in [6.45, 7) is 7.71. The summed E-state index contributed by atoms with van der Waals surface area (Å²) in [5.74, 6) is 0.672. The van der Waals surface area contributed by atoms with Gasteiger partial charge in [-0.1, -0.05) is 32.8 Å². The summed E-state index contributed by atoms with van der Waals surface area (Å²) in [7, 11) is 0. The molecule has 2 N–H and O–H groups in total. The average molecular weight is 235 g/mol. The van der Waals surface area contributed by atoms with Crippen molar-refractivity contribution in [1.82, 2.24) is 9.88 Å². The Morgan fingerprint density at radius 2 is 1.82 bits per heavy atom. The third kappa shape index (κ3) is 5.18. The molecule has 0 aliphatic heterocycles. The number of hydrogen-bond donors (Lipinski definition) is 1. The van der Waals surface area contributed by atoms with E-state index in [1.807, 2.05) is 6.07 Å². The van der Waals surface area contributed by atoms with Crippen molar-refractivity contribution in [3.8, 4) is 0 Å². The van der Waals surface area contributed by atoms with Gasteiger partial charge in [0.25, 0.3) is 0 Å². The van der Waals surface area contributed by atoms with Gasteiger partial charge in [0.2, 0.25) is 0 Å². The Labute approximate surface area is 105 Å². The summed E-state index contributed by atoms with van der Waals surface area (Å²) in [6, 6.07) is 4.04. The average Bonchev–Trinajstić information content (AvgIpc) is 2.35. The quantitative estimate of drug-likeness (QED) is 0.753. The van der Waals surface area contributed by atoms with Crippen LogP contribution in [0, 0.1) is 0 Å². The predicted octanol–water partition coefficient (Wildman–Crippen LogP) is 3.07. The molecule has 0 saturated carbocycles. The highest BCUT2D eigenvalue weighted by molar-refractivity contribution is 5.38. The number of pyridine rings is 1. The maximum absolute atomic E-state index is 5.89. The summed E-state index contributed by atoms with van der Waals surface area (Å²) in [4.78, 5) is 6.63. The van der Waals surface area contributed by atoms with Crippen molar-refractivity contribution >= 4 is 5.82 Å². The van der Waals surface area contributed by atoms with Gasteiger partial charge in [0.1, 0.15) is 5.82 Å². The molecule has 0 atom stereocenters. The molecular weight excluding hydrogens is 210 g/mol. The number of nitrogen functional groups attached to an aromatic ring is 1. The Bertz CT molecular complexity index is 304. The Morgan fingerprint density at radius 3 is 2.35 bits per heavy atom. The number of anilines is 1. The molecule has 0 saturated heterocycles. The van der Waals surface area contributed by atoms with Gasteiger partial charge in [-0.2, -0.15) is 0 Å². The third-order valence-electron chi connectivity index (χ3n) is 2.98. The summed E-state index contributed by atoms with van der Waals surface area (Å²) in [6.07, 6.45) is 6.74. The zero-order valence-corrected chi connectivity index (χ0v) is 11.2. The Morgan fingerprint density at radius 1 is 1.18 bits per heavy atom. The van der Waals surface area contributed by atoms with Crippen molar-refractivity contribution < 1.29 is 0 Å². The van der Waals surface area contributed by atoms with E-state index in [4.69, 9.17) is 5.73 Å². The predicted molar refractivity (Wildman–Crippen MR) is 73.7 cm³/mol. The molecule has 1 heterocycles. The minimum absolute atomic E-state index is 0.672. The van der Waals surface area contributed by atoms with Crippen molar-refractivity contribution in [3.05, 3.63) is 23.9 Å². The van der Waals surface area contributed by atoms with Crippen molar-refractivity contribution in [2.45, 2.75) is 46.1 Å². The van der Waals surface area contributed by atoms with Crippen LogP contribution in [0.3, 0.4) is 0 Å². The monoisotopic (exact) mass is 235 g/mol. The summed E-state index contributed by atoms with van der Waals surface area (Å²) in [5.41, 5.74) is 7.04. The smallest absolute Gasteiger partial charge is 0.127 e. The van der Waals surface area contributed by atoms with Gasteiger partial charge in [-0.05, 0) is 32.0 Å². The SMILES string of the molecule is CCCCN(CCCC)Cc1cccnc1N. The molecule has 3 heteroatoms. The summed E-state index contributed by atoms with van der Waals surface area (Å²) < 4.78 is 0. The van der Waals surface area contributed by atoms with Gasteiger partial charge < -0.3 is 5.73 Å². The third-order valence-corrected chi connectivity index (χ3v) is 2.98. The fraction of sp³-hybridized carbons (Fsp3) is 0.643. The summed E-state index contributed by atoms with van der Waals surface area (Å²) in [5, 5.41) is 0. The van der Waals surface area contributed by atoms with Gasteiger partial charge in [-0.25, -0.2) is 4.98 Å². The Hall–Kier alpha value is -1.09. The molecule has 0 amide bonds. The number of hydrogen-bond acceptors (Lipinski definition) is 3. The summed E-state index contributed by atoms with van der Waals surface area (Å²) >= 11 is 0. The fourth-order valence-corrected chi connectivity index (χ4v) is 1.86. The molecule has 0 aliphatic carbocycles. The molecule has 96 valence electrons. The number of rotatable bonds is 8. The molecule has 3 nitrogen and oxygen atoms in total. The first-order chi connectivity index (χ1) is 8.27. The molecule has 0 fully saturated rings. The fourth-order valence-electron chi connectivity index (χ4n) is 1.86. The van der Waals surface area contributed by atoms with E-state index in [1.54, 1.807) is 6.20 Å². The van der Waals surface area contributed by atoms with Crippen molar-refractivity contribution in [2.75, 3.05) is 18.8 Å². The van der Waals surface area contributed by atoms with Crippen molar-refractivity contribution in [1.29, 1.82) is 0 Å². The first-order valence-corrected chi connectivity index (χ1v) is 6.69. The molecule has 0 spiro atoms. The van der Waals surface area contributed by atoms with E-state index < -0.39 is 0 Å². The van der Waals surface area contributed by atoms with Crippen LogP contribution in [-0.2, 0) is 6.54 Å². The minimum atomic E-state index is 0.672. The molecule has 0 aromatic carbocycles. The zero-order chi connectivity index (χ0) is 12.5. The van der Waals surface area contributed by atoms with Crippen LogP contribution in [0.15, 0.2) is 18.3 Å². The van der Waals surface area contributed by atoms with Crippen LogP contribution in [0.25, 0.3) is 0 Å². The normalized spacial score (nSPS) is 11.0. The van der Waals surface area contributed by atoms with Gasteiger partial charge in [0, 0.05) is 18.3 Å². The van der Waals surface area contributed by atoms with Crippen LogP contribution >= 0.6 is 0 Å². The van der Waals surface area contributed by atoms with Crippen LogP contribution < -0.4 is 5.73 Å². The topological polar surface area (TPSA) is 42.2 Å². The van der Waals surface area contributed by atoms with Gasteiger partial charge in [0.05, 0.1) is 0 Å². The molecule has 0 radical (unpaired) electrons. The standard InChI is InChI=1S/C14H25N3/c1-3-5-10-17(11-6-4-2)12-13-8-7-9-16-14(13)15/h7-9H,3-6,10-12H2,1-2H3,(H2,15,16). The van der Waals surface area contributed by atoms with E-state index in [2.05, 4.69) is 29.8 Å². The second-order valence-electron chi connectivity index (χ2n) is 4.53. The van der Waals surface area contributed by atoms with Gasteiger partial charge in [0.15, 0.2) is 0 Å². The van der Waals surface area contributed by atoms with E-state index >= 15 is 0 Å². The van der Waals surface area contributed by atoms with Gasteiger partial charge in [-0.15, -0.1) is 0 Å². The lowest BCUT2D eigenvalue weighted by Crippen LogP contribution is -2.26. The van der Waals surface area contributed by atoms with Crippen LogP contribution in [0.2, 0.25) is 0 Å². The van der Waals surface area contributed by atoms with E-state index in [0.717, 1.165) is 25.2 Å². The lowest BCUT2D eigenvalue weighted by atomic mass is 10.2. The molecule has 1 rings (SSSR count). The number of aromatic nitrogens is 1. The van der Waals surface area contributed by atoms with Crippen LogP contribution in [-0.4, -0.2) is 23.0 Å². The molecular formula is C14H25N3. The molecule has 17 heavy (non-hydrogen) atoms. The molecule has 1 aromatic rings. The van der Waals surface area contributed by atoms with E-state index in [-0.39, 0.29) is 0 Å². The molecule has 0 aliphatic rings. The van der Waals surface area contributed by atoms with Crippen LogP contribution in [0.4, 0.5) is 5.82 Å². The highest BCUT2D eigenvalue weighted by Gasteiger charge is 2.07. The first-order valence-electron chi connectivity index (χ1n) is 6.69. The number of nitrogens with two attached hydrogens (primary N) is 1. The van der Waals surface area contributed by atoms with E-state index in [9.17, 15) is 0 Å². The van der Waals surface area contributed by atoms with Crippen molar-refractivity contribution in [2.24, 2.45) is 0 Å². The van der Waals surface area contributed by atoms with Gasteiger partial charge in [-0.3, -0.25) is 4.90 Å². The highest BCUT2D eigenvalue weighted by Crippen LogP contribution is 2.12. The number of nitrogens with zero attached hydrogens (tertiary/aromatic N) is 2. The second-order valence-corrected chi connectivity index (χ2v) is 4.53. The maximum atomic E-state index is 5.89. The zero-order valence-electron chi connectivity index (χ0n) is 11.2. The lowest BCUT2D eigenvalue weighted by molar-refractivity contribution is 0.257. The van der Waals surface area contributed by atoms with Crippen LogP contribution in [0.1, 0.15) is 45.1 Å². The van der Waals surface area contributed by atoms with E-state index in [0.29, 0.717) is 5.82 Å². The lowest BCUT2D eigenvalue weighted by Gasteiger charge is -2.22. The van der Waals surface area contributed by atoms with Crippen LogP contribution in [0.5, 0.6) is 0 Å². The Kier molecular flexibility index (Phi) is 6.63. The second kappa shape index (κ2) is 8.07. The molecule has 0 bridgehead atoms. The molecule has 1 aromatic heterocycles.